The minimum atomic E-state index is -0.119. The number of aromatic nitrogens is 2. The Morgan fingerprint density at radius 3 is 1.94 bits per heavy atom. The number of benzene rings is 3. The van der Waals surface area contributed by atoms with Crippen LogP contribution in [0, 0.1) is 26.6 Å². The number of nitrogens with zero attached hydrogens (tertiary/aromatic N) is 2. The van der Waals surface area contributed by atoms with Crippen molar-refractivity contribution in [3.63, 3.8) is 0 Å². The molecule has 2 nitrogen and oxygen atoms in total. The first-order valence-corrected chi connectivity index (χ1v) is 13.2. The Bertz CT molecular complexity index is 1430. The number of hydrogen-bond acceptors (Lipinski definition) is 1. The van der Waals surface area contributed by atoms with E-state index in [1.165, 1.54) is 27.8 Å². The first kappa shape index (κ1) is 26.0. The molecule has 0 radical (unpaired) electrons. The van der Waals surface area contributed by atoms with Gasteiger partial charge in [-0.3, -0.25) is 0 Å². The summed E-state index contributed by atoms with van der Waals surface area (Å²) >= 11 is 0. The van der Waals surface area contributed by atoms with Gasteiger partial charge in [0.05, 0.1) is 12.4 Å². The van der Waals surface area contributed by atoms with E-state index in [4.69, 9.17) is 4.98 Å². The van der Waals surface area contributed by atoms with Crippen LogP contribution >= 0.6 is 0 Å². The summed E-state index contributed by atoms with van der Waals surface area (Å²) in [7, 11) is 2.02. The maximum Gasteiger partial charge on any atom is 0.287 e. The van der Waals surface area contributed by atoms with E-state index in [0.29, 0.717) is 28.9 Å². The normalized spacial score (nSPS) is 11.9. The molecule has 0 spiro atoms. The highest BCUT2D eigenvalue weighted by Gasteiger charge is 2.23. The average Bonchev–Trinajstić information content (AvgIpc) is 2.84. The van der Waals surface area contributed by atoms with Gasteiger partial charge >= 0.3 is 0 Å². The zero-order chi connectivity index (χ0) is 26.5. The molecule has 4 aromatic rings. The second-order valence-corrected chi connectivity index (χ2v) is 11.3. The fourth-order valence-electron chi connectivity index (χ4n) is 5.31. The van der Waals surface area contributed by atoms with Crippen LogP contribution in [0.15, 0.2) is 42.7 Å². The van der Waals surface area contributed by atoms with E-state index in [1.807, 2.05) is 40.2 Å². The lowest BCUT2D eigenvalue weighted by Crippen LogP contribution is -2.32. The Kier molecular flexibility index (Phi) is 7.05. The quantitative estimate of drug-likeness (QED) is 0.259. The zero-order valence-electron chi connectivity index (χ0n) is 23.5. The van der Waals surface area contributed by atoms with Crippen LogP contribution in [0.25, 0.3) is 33.3 Å². The van der Waals surface area contributed by atoms with Gasteiger partial charge in [-0.25, -0.2) is 8.96 Å². The topological polar surface area (TPSA) is 16.8 Å². The molecule has 0 aliphatic heterocycles. The number of fused-ring (bicyclic) bond motifs is 1. The molecule has 0 amide bonds. The van der Waals surface area contributed by atoms with Gasteiger partial charge in [0.2, 0.25) is 0 Å². The summed E-state index contributed by atoms with van der Waals surface area (Å²) < 4.78 is 16.7. The van der Waals surface area contributed by atoms with Gasteiger partial charge < -0.3 is 0 Å². The van der Waals surface area contributed by atoms with Crippen molar-refractivity contribution < 1.29 is 8.96 Å². The fraction of sp³-hybridized carbons (Fsp3) is 0.394. The minimum absolute atomic E-state index is 0.119. The maximum absolute atomic E-state index is 14.6. The number of hydrogen-bond donors (Lipinski definition) is 0. The van der Waals surface area contributed by atoms with E-state index in [-0.39, 0.29) is 5.82 Å². The Hall–Kier alpha value is -3.07. The second kappa shape index (κ2) is 9.76. The van der Waals surface area contributed by atoms with Gasteiger partial charge in [0.15, 0.2) is 5.52 Å². The van der Waals surface area contributed by atoms with E-state index in [0.717, 1.165) is 27.7 Å². The summed E-state index contributed by atoms with van der Waals surface area (Å²) in [6.45, 7) is 19.4. The highest BCUT2D eigenvalue weighted by atomic mass is 19.1. The summed E-state index contributed by atoms with van der Waals surface area (Å²) in [5.41, 5.74) is 12.2. The molecule has 4 rings (SSSR count). The van der Waals surface area contributed by atoms with Crippen molar-refractivity contribution in [2.45, 2.75) is 80.1 Å². The predicted molar refractivity (Wildman–Crippen MR) is 150 cm³/mol. The van der Waals surface area contributed by atoms with Gasteiger partial charge in [0.1, 0.15) is 11.5 Å². The van der Waals surface area contributed by atoms with Crippen LogP contribution in [0.3, 0.4) is 0 Å². The van der Waals surface area contributed by atoms with Crippen LogP contribution in [-0.4, -0.2) is 4.98 Å². The summed E-state index contributed by atoms with van der Waals surface area (Å²) in [6.07, 6.45) is 1.88. The van der Waals surface area contributed by atoms with E-state index in [9.17, 15) is 4.39 Å². The molecule has 0 bridgehead atoms. The average molecular weight is 484 g/mol. The van der Waals surface area contributed by atoms with Crippen LogP contribution in [0.1, 0.15) is 92.7 Å². The van der Waals surface area contributed by atoms with Crippen molar-refractivity contribution in [3.8, 4) is 22.4 Å². The largest absolute Gasteiger partial charge is 0.287 e. The van der Waals surface area contributed by atoms with Crippen LogP contribution < -0.4 is 4.57 Å². The zero-order valence-corrected chi connectivity index (χ0v) is 23.5. The highest BCUT2D eigenvalue weighted by molar-refractivity contribution is 5.94. The smallest absolute Gasteiger partial charge is 0.232 e. The van der Waals surface area contributed by atoms with Gasteiger partial charge in [-0.2, -0.15) is 0 Å². The Morgan fingerprint density at radius 2 is 1.39 bits per heavy atom. The number of aryl methyl sites for hydroxylation is 2. The van der Waals surface area contributed by atoms with Crippen molar-refractivity contribution in [1.29, 1.82) is 0 Å². The van der Waals surface area contributed by atoms with Crippen LogP contribution in [0.2, 0.25) is 0 Å². The van der Waals surface area contributed by atoms with Crippen molar-refractivity contribution >= 4 is 10.9 Å². The summed E-state index contributed by atoms with van der Waals surface area (Å²) in [5.74, 6) is 1.20. The third-order valence-corrected chi connectivity index (χ3v) is 7.65. The van der Waals surface area contributed by atoms with Crippen molar-refractivity contribution in [3.05, 3.63) is 81.9 Å². The van der Waals surface area contributed by atoms with Crippen LogP contribution in [0.5, 0.6) is 0 Å². The molecule has 0 aliphatic rings. The van der Waals surface area contributed by atoms with Gasteiger partial charge in [-0.15, -0.1) is 0 Å². The first-order chi connectivity index (χ1) is 16.9. The van der Waals surface area contributed by atoms with Gasteiger partial charge in [0, 0.05) is 5.56 Å². The number of halogens is 1. The van der Waals surface area contributed by atoms with Crippen molar-refractivity contribution in [2.24, 2.45) is 7.05 Å². The Balaban J connectivity index is 2.01. The summed E-state index contributed by atoms with van der Waals surface area (Å²) in [6, 6.07) is 13.5. The monoisotopic (exact) mass is 483 g/mol. The highest BCUT2D eigenvalue weighted by Crippen LogP contribution is 2.40. The minimum Gasteiger partial charge on any atom is -0.232 e. The molecule has 1 aromatic heterocycles. The Morgan fingerprint density at radius 1 is 0.778 bits per heavy atom. The molecule has 1 heterocycles. The molecule has 36 heavy (non-hydrogen) atoms. The van der Waals surface area contributed by atoms with E-state index >= 15 is 0 Å². The molecule has 3 heteroatoms. The third kappa shape index (κ3) is 4.45. The van der Waals surface area contributed by atoms with Gasteiger partial charge in [0.25, 0.3) is 6.33 Å². The van der Waals surface area contributed by atoms with Crippen LogP contribution in [0.4, 0.5) is 4.39 Å². The molecule has 0 saturated heterocycles. The van der Waals surface area contributed by atoms with E-state index < -0.39 is 0 Å². The molecule has 0 aliphatic carbocycles. The van der Waals surface area contributed by atoms with Crippen LogP contribution in [-0.2, 0) is 7.05 Å². The first-order valence-electron chi connectivity index (χ1n) is 13.2. The molecular formula is C33H40FN2+. The second-order valence-electron chi connectivity index (χ2n) is 11.3. The summed E-state index contributed by atoms with van der Waals surface area (Å²) in [5, 5.41) is 1.08. The van der Waals surface area contributed by atoms with Crippen molar-refractivity contribution in [1.82, 2.24) is 4.98 Å². The Labute approximate surface area is 216 Å². The molecule has 188 valence electrons. The van der Waals surface area contributed by atoms with E-state index in [2.05, 4.69) is 76.4 Å². The maximum atomic E-state index is 14.6. The number of rotatable bonds is 5. The summed E-state index contributed by atoms with van der Waals surface area (Å²) in [4.78, 5) is 4.83. The molecule has 0 N–H and O–H groups in total. The molecular weight excluding hydrogens is 443 g/mol. The standard InChI is InChI=1S/C33H40FN2/c1-18(2)25-14-27(19(3)4)31(28(15-25)20(5)6)24-11-12-26-30(16-24)35-17-36(10)33(26)29-13-21(7)32(34)23(9)22(29)8/h11-20H,1-10H3/q+1. The molecule has 0 unspecified atom stereocenters. The van der Waals surface area contributed by atoms with Crippen molar-refractivity contribution in [2.75, 3.05) is 0 Å². The lowest BCUT2D eigenvalue weighted by molar-refractivity contribution is -0.662. The molecule has 0 atom stereocenters. The SMILES string of the molecule is Cc1cc(-c2c3ccc(-c4c(C(C)C)cc(C(C)C)cc4C(C)C)cc3nc[n+]2C)c(C)c(C)c1F. The fourth-order valence-corrected chi connectivity index (χ4v) is 5.31. The molecule has 0 saturated carbocycles. The third-order valence-electron chi connectivity index (χ3n) is 7.65. The lowest BCUT2D eigenvalue weighted by Gasteiger charge is -2.23. The predicted octanol–water partition coefficient (Wildman–Crippen LogP) is 8.83. The van der Waals surface area contributed by atoms with Gasteiger partial charge in [-0.1, -0.05) is 59.7 Å². The lowest BCUT2D eigenvalue weighted by atomic mass is 9.81. The molecule has 3 aromatic carbocycles. The molecule has 0 fully saturated rings. The van der Waals surface area contributed by atoms with Gasteiger partial charge in [-0.05, 0) is 106 Å². The van der Waals surface area contributed by atoms with E-state index in [1.54, 1.807) is 0 Å².